The van der Waals surface area contributed by atoms with E-state index in [9.17, 15) is 9.59 Å². The molecular weight excluding hydrogens is 314 g/mol. The molecule has 0 aliphatic rings. The molecule has 0 aliphatic heterocycles. The Morgan fingerprint density at radius 1 is 1.26 bits per heavy atom. The lowest BCUT2D eigenvalue weighted by atomic mass is 10.1. The van der Waals surface area contributed by atoms with E-state index in [0.717, 1.165) is 0 Å². The third-order valence-electron chi connectivity index (χ3n) is 2.02. The first-order chi connectivity index (χ1) is 8.79. The van der Waals surface area contributed by atoms with Crippen molar-refractivity contribution in [3.63, 3.8) is 0 Å². The third-order valence-corrected chi connectivity index (χ3v) is 2.35. The highest BCUT2D eigenvalue weighted by Gasteiger charge is 2.25. The van der Waals surface area contributed by atoms with Crippen LogP contribution in [0.2, 0.25) is 0 Å². The number of carbonyl (C=O) groups excluding carboxylic acids is 2. The van der Waals surface area contributed by atoms with Gasteiger partial charge in [0, 0.05) is 0 Å². The van der Waals surface area contributed by atoms with Crippen molar-refractivity contribution in [2.75, 3.05) is 6.61 Å². The third kappa shape index (κ3) is 6.00. The molecule has 2 N–H and O–H groups in total. The summed E-state index contributed by atoms with van der Waals surface area (Å²) in [7, 11) is 0. The Bertz CT molecular complexity index is 448. The zero-order valence-corrected chi connectivity index (χ0v) is 11.8. The van der Waals surface area contributed by atoms with Gasteiger partial charge in [-0.1, -0.05) is 65.1 Å². The topological polar surface area (TPSA) is 79.2 Å². The number of ether oxygens (including phenoxy) is 1. The fourth-order valence-corrected chi connectivity index (χ4v) is 1.42. The van der Waals surface area contributed by atoms with E-state index in [1.165, 1.54) is 0 Å². The fraction of sp³-hybridized carbons (Fsp3) is 0.273. The molecule has 1 radical (unpaired) electrons. The summed E-state index contributed by atoms with van der Waals surface area (Å²) in [5.74, 6) is -0.975. The van der Waals surface area contributed by atoms with Crippen LogP contribution in [0.5, 0.6) is 0 Å². The molecule has 1 unspecified atom stereocenters. The predicted molar refractivity (Wildman–Crippen MR) is 72.1 cm³/mol. The van der Waals surface area contributed by atoms with Crippen molar-refractivity contribution in [2.45, 2.75) is 9.83 Å². The van der Waals surface area contributed by atoms with Gasteiger partial charge in [0.25, 0.3) is 5.91 Å². The molecule has 19 heavy (non-hydrogen) atoms. The maximum Gasteiger partial charge on any atom is 0.408 e. The van der Waals surface area contributed by atoms with Crippen LogP contribution >= 0.6 is 34.8 Å². The molecule has 103 valence electrons. The van der Waals surface area contributed by atoms with E-state index in [2.05, 4.69) is 10.1 Å². The van der Waals surface area contributed by atoms with Crippen molar-refractivity contribution in [1.29, 1.82) is 0 Å². The average Bonchev–Trinajstić information content (AvgIpc) is 2.33. The number of hydrogen-bond donors (Lipinski definition) is 1. The summed E-state index contributed by atoms with van der Waals surface area (Å²) in [5, 5.41) is 2.23. The van der Waals surface area contributed by atoms with Gasteiger partial charge in [-0.25, -0.2) is 4.79 Å². The smallest absolute Gasteiger partial charge is 0.408 e. The lowest BCUT2D eigenvalue weighted by Gasteiger charge is -2.16. The summed E-state index contributed by atoms with van der Waals surface area (Å²) in [5.41, 5.74) is 7.60. The fourth-order valence-electron chi connectivity index (χ4n) is 1.25. The quantitative estimate of drug-likeness (QED) is 0.865. The van der Waals surface area contributed by atoms with Crippen molar-refractivity contribution in [3.05, 3.63) is 35.9 Å². The van der Waals surface area contributed by atoms with Crippen molar-refractivity contribution >= 4 is 46.8 Å². The van der Waals surface area contributed by atoms with Crippen LogP contribution in [-0.4, -0.2) is 22.4 Å². The van der Waals surface area contributed by atoms with Gasteiger partial charge in [-0.15, -0.1) is 0 Å². The van der Waals surface area contributed by atoms with Gasteiger partial charge in [-0.2, -0.15) is 0 Å². The van der Waals surface area contributed by atoms with Gasteiger partial charge in [-0.3, -0.25) is 10.5 Å². The summed E-state index contributed by atoms with van der Waals surface area (Å²) in [6.45, 7) is -0.461. The van der Waals surface area contributed by atoms with E-state index in [1.54, 1.807) is 30.3 Å². The average molecular weight is 325 g/mol. The molecular formula is C11H10Cl3N2O3. The zero-order valence-electron chi connectivity index (χ0n) is 9.53. The minimum atomic E-state index is -1.73. The highest BCUT2D eigenvalue weighted by Crippen LogP contribution is 2.26. The first-order valence-corrected chi connectivity index (χ1v) is 6.23. The molecule has 5 nitrogen and oxygen atoms in total. The lowest BCUT2D eigenvalue weighted by Crippen LogP contribution is -2.36. The van der Waals surface area contributed by atoms with Gasteiger partial charge >= 0.3 is 6.09 Å². The van der Waals surface area contributed by atoms with Crippen LogP contribution in [0.15, 0.2) is 30.3 Å². The van der Waals surface area contributed by atoms with Crippen molar-refractivity contribution in [3.8, 4) is 0 Å². The molecule has 0 heterocycles. The van der Waals surface area contributed by atoms with E-state index in [0.29, 0.717) is 5.56 Å². The first-order valence-electron chi connectivity index (χ1n) is 5.10. The molecule has 1 aromatic rings. The normalized spacial score (nSPS) is 12.6. The number of rotatable bonds is 4. The molecule has 0 aliphatic carbocycles. The second kappa shape index (κ2) is 6.84. The van der Waals surface area contributed by atoms with E-state index in [4.69, 9.17) is 40.5 Å². The first kappa shape index (κ1) is 15.9. The number of benzene rings is 1. The van der Waals surface area contributed by atoms with Crippen LogP contribution in [0.25, 0.3) is 0 Å². The number of alkyl halides is 3. The van der Waals surface area contributed by atoms with Gasteiger partial charge in [0.05, 0.1) is 0 Å². The molecule has 1 atom stereocenters. The maximum absolute atomic E-state index is 11.4. The number of amides is 2. The number of carbonyl (C=O) groups is 2. The van der Waals surface area contributed by atoms with Gasteiger partial charge < -0.3 is 10.1 Å². The Morgan fingerprint density at radius 3 is 2.32 bits per heavy atom. The van der Waals surface area contributed by atoms with E-state index in [1.807, 2.05) is 0 Å². The summed E-state index contributed by atoms with van der Waals surface area (Å²) >= 11 is 16.2. The van der Waals surface area contributed by atoms with Crippen LogP contribution < -0.4 is 11.1 Å². The summed E-state index contributed by atoms with van der Waals surface area (Å²) < 4.78 is 2.90. The Kier molecular flexibility index (Phi) is 5.72. The molecule has 1 rings (SSSR count). The standard InChI is InChI=1S/C11H10Cl3N2O3/c12-11(13,14)6-19-10(18)16-8(9(15)17)7-4-2-1-3-5-7/h1-5,8,15H,6H2,(H,16,18). The highest BCUT2D eigenvalue weighted by atomic mass is 35.6. The molecule has 0 spiro atoms. The lowest BCUT2D eigenvalue weighted by molar-refractivity contribution is -0.120. The Hall–Kier alpha value is -1.17. The summed E-state index contributed by atoms with van der Waals surface area (Å²) in [6.07, 6.45) is -0.944. The monoisotopic (exact) mass is 323 g/mol. The maximum atomic E-state index is 11.4. The molecule has 0 fully saturated rings. The summed E-state index contributed by atoms with van der Waals surface area (Å²) in [4.78, 5) is 22.6. The predicted octanol–water partition coefficient (Wildman–Crippen LogP) is 2.63. The Balaban J connectivity index is 2.65. The number of nitrogens with one attached hydrogen (secondary N) is 2. The van der Waals surface area contributed by atoms with Crippen LogP contribution in [-0.2, 0) is 9.53 Å². The molecule has 0 aromatic heterocycles. The SMILES string of the molecule is [NH]C(=O)C(NC(=O)OCC(Cl)(Cl)Cl)c1ccccc1. The molecule has 0 bridgehead atoms. The summed E-state index contributed by atoms with van der Waals surface area (Å²) in [6, 6.07) is 7.19. The van der Waals surface area contributed by atoms with Crippen LogP contribution in [0.3, 0.4) is 0 Å². The second-order valence-corrected chi connectivity index (χ2v) is 6.06. The van der Waals surface area contributed by atoms with Crippen molar-refractivity contribution in [1.82, 2.24) is 11.1 Å². The van der Waals surface area contributed by atoms with Crippen molar-refractivity contribution < 1.29 is 14.3 Å². The van der Waals surface area contributed by atoms with Gasteiger partial charge in [0.15, 0.2) is 0 Å². The second-order valence-electron chi connectivity index (χ2n) is 3.54. The van der Waals surface area contributed by atoms with Gasteiger partial charge in [-0.05, 0) is 5.56 Å². The minimum absolute atomic E-state index is 0.461. The van der Waals surface area contributed by atoms with E-state index < -0.39 is 28.4 Å². The van der Waals surface area contributed by atoms with Gasteiger partial charge in [0.2, 0.25) is 3.79 Å². The van der Waals surface area contributed by atoms with Gasteiger partial charge in [0.1, 0.15) is 12.6 Å². The molecule has 8 heteroatoms. The van der Waals surface area contributed by atoms with Crippen LogP contribution in [0.4, 0.5) is 4.79 Å². The molecule has 0 saturated heterocycles. The molecule has 1 aromatic carbocycles. The Morgan fingerprint density at radius 2 is 1.84 bits per heavy atom. The van der Waals surface area contributed by atoms with Crippen molar-refractivity contribution in [2.24, 2.45) is 0 Å². The largest absolute Gasteiger partial charge is 0.445 e. The number of halogens is 3. The highest BCUT2D eigenvalue weighted by molar-refractivity contribution is 6.67. The number of alkyl carbamates (subject to hydrolysis) is 1. The zero-order chi connectivity index (χ0) is 14.5. The van der Waals surface area contributed by atoms with E-state index in [-0.39, 0.29) is 0 Å². The van der Waals surface area contributed by atoms with Crippen LogP contribution in [0.1, 0.15) is 11.6 Å². The Labute approximate surface area is 124 Å². The minimum Gasteiger partial charge on any atom is -0.445 e. The van der Waals surface area contributed by atoms with E-state index >= 15 is 0 Å². The molecule has 0 saturated carbocycles. The van der Waals surface area contributed by atoms with Crippen LogP contribution in [0, 0.1) is 0 Å². The number of hydrogen-bond acceptors (Lipinski definition) is 3. The molecule has 2 amide bonds.